The average Bonchev–Trinajstić information content (AvgIpc) is 3.11. The third-order valence-corrected chi connectivity index (χ3v) is 3.25. The maximum Gasteiger partial charge on any atom is 0.407 e. The summed E-state index contributed by atoms with van der Waals surface area (Å²) < 4.78 is 0. The molecule has 2 rings (SSSR count). The summed E-state index contributed by atoms with van der Waals surface area (Å²) in [7, 11) is 0. The normalized spacial score (nSPS) is 14.4. The first-order valence-corrected chi connectivity index (χ1v) is 5.90. The maximum absolute atomic E-state index is 11.1. The van der Waals surface area contributed by atoms with Crippen molar-refractivity contribution in [2.75, 3.05) is 0 Å². The fraction of sp³-hybridized carbons (Fsp3) is 0.308. The van der Waals surface area contributed by atoms with E-state index in [2.05, 4.69) is 6.58 Å². The molecule has 0 radical (unpaired) electrons. The van der Waals surface area contributed by atoms with E-state index in [0.29, 0.717) is 11.6 Å². The highest BCUT2D eigenvalue weighted by Crippen LogP contribution is 2.30. The quantitative estimate of drug-likeness (QED) is 0.888. The smallest absolute Gasteiger partial charge is 0.407 e. The molecule has 0 heterocycles. The fourth-order valence-electron chi connectivity index (χ4n) is 1.77. The van der Waals surface area contributed by atoms with Crippen LogP contribution in [0.5, 0.6) is 0 Å². The van der Waals surface area contributed by atoms with Crippen LogP contribution in [0.4, 0.5) is 4.79 Å². The van der Waals surface area contributed by atoms with E-state index < -0.39 is 6.09 Å². The van der Waals surface area contributed by atoms with E-state index in [1.807, 2.05) is 12.1 Å². The molecule has 0 saturated heterocycles. The van der Waals surface area contributed by atoms with Crippen molar-refractivity contribution in [2.45, 2.75) is 25.4 Å². The monoisotopic (exact) mass is 251 g/mol. The molecule has 1 amide bonds. The Balaban J connectivity index is 2.21. The van der Waals surface area contributed by atoms with E-state index in [1.54, 1.807) is 12.1 Å². The van der Waals surface area contributed by atoms with Crippen molar-refractivity contribution in [2.24, 2.45) is 0 Å². The number of benzene rings is 1. The predicted molar refractivity (Wildman–Crippen MR) is 68.1 cm³/mol. The van der Waals surface area contributed by atoms with Gasteiger partial charge in [-0.25, -0.2) is 4.79 Å². The average molecular weight is 252 g/mol. The van der Waals surface area contributed by atoms with Gasteiger partial charge in [-0.1, -0.05) is 30.3 Å². The lowest BCUT2D eigenvalue weighted by Crippen LogP contribution is -2.31. The zero-order valence-corrected chi connectivity index (χ0v) is 10.2. The first-order valence-electron chi connectivity index (χ1n) is 5.52. The highest BCUT2D eigenvalue weighted by Gasteiger charge is 2.32. The minimum atomic E-state index is -0.882. The van der Waals surface area contributed by atoms with Crippen molar-refractivity contribution in [3.8, 4) is 0 Å². The van der Waals surface area contributed by atoms with Crippen LogP contribution in [0.15, 0.2) is 24.8 Å². The second-order valence-electron chi connectivity index (χ2n) is 4.20. The number of halogens is 1. The Bertz CT molecular complexity index is 455. The Labute approximate surface area is 105 Å². The zero-order valence-electron chi connectivity index (χ0n) is 9.40. The molecule has 0 aliphatic heterocycles. The maximum atomic E-state index is 11.1. The van der Waals surface area contributed by atoms with E-state index in [1.165, 1.54) is 4.90 Å². The van der Waals surface area contributed by atoms with Crippen molar-refractivity contribution >= 4 is 23.8 Å². The van der Waals surface area contributed by atoms with Crippen LogP contribution in [0.2, 0.25) is 5.02 Å². The SMILES string of the molecule is C=Cc1ccc(Cl)c(CN(C(=O)O)C2CC2)c1. The Hall–Kier alpha value is -1.48. The molecule has 4 heteroatoms. The summed E-state index contributed by atoms with van der Waals surface area (Å²) in [5.41, 5.74) is 1.78. The molecule has 0 bridgehead atoms. The van der Waals surface area contributed by atoms with Gasteiger partial charge >= 0.3 is 6.09 Å². The lowest BCUT2D eigenvalue weighted by molar-refractivity contribution is 0.139. The number of nitrogens with zero attached hydrogens (tertiary/aromatic N) is 1. The van der Waals surface area contributed by atoms with Crippen LogP contribution in [0.25, 0.3) is 6.08 Å². The van der Waals surface area contributed by atoms with Gasteiger partial charge in [0.25, 0.3) is 0 Å². The van der Waals surface area contributed by atoms with Crippen molar-refractivity contribution in [1.29, 1.82) is 0 Å². The minimum Gasteiger partial charge on any atom is -0.465 e. The van der Waals surface area contributed by atoms with Gasteiger partial charge in [-0.05, 0) is 36.1 Å². The summed E-state index contributed by atoms with van der Waals surface area (Å²) in [6.45, 7) is 4.04. The summed E-state index contributed by atoms with van der Waals surface area (Å²) in [6.07, 6.45) is 2.74. The third kappa shape index (κ3) is 2.80. The van der Waals surface area contributed by atoms with Gasteiger partial charge in [-0.15, -0.1) is 0 Å². The van der Waals surface area contributed by atoms with E-state index in [-0.39, 0.29) is 6.04 Å². The Morgan fingerprint density at radius 3 is 2.82 bits per heavy atom. The molecule has 1 saturated carbocycles. The van der Waals surface area contributed by atoms with E-state index in [9.17, 15) is 4.79 Å². The number of hydrogen-bond acceptors (Lipinski definition) is 1. The highest BCUT2D eigenvalue weighted by atomic mass is 35.5. The van der Waals surface area contributed by atoms with Gasteiger partial charge < -0.3 is 10.0 Å². The van der Waals surface area contributed by atoms with Crippen LogP contribution in [0.3, 0.4) is 0 Å². The molecule has 3 nitrogen and oxygen atoms in total. The molecule has 1 aromatic carbocycles. The highest BCUT2D eigenvalue weighted by molar-refractivity contribution is 6.31. The second-order valence-corrected chi connectivity index (χ2v) is 4.60. The van der Waals surface area contributed by atoms with Crippen LogP contribution in [-0.2, 0) is 6.54 Å². The summed E-state index contributed by atoms with van der Waals surface area (Å²) in [4.78, 5) is 12.6. The standard InChI is InChI=1S/C13H14ClNO2/c1-2-9-3-6-12(14)10(7-9)8-15(13(16)17)11-4-5-11/h2-3,6-7,11H,1,4-5,8H2,(H,16,17). The zero-order chi connectivity index (χ0) is 12.4. The summed E-state index contributed by atoms with van der Waals surface area (Å²) in [5.74, 6) is 0. The van der Waals surface area contributed by atoms with Crippen molar-refractivity contribution in [1.82, 2.24) is 4.90 Å². The van der Waals surface area contributed by atoms with E-state index in [0.717, 1.165) is 24.0 Å². The van der Waals surface area contributed by atoms with Crippen LogP contribution in [-0.4, -0.2) is 22.1 Å². The van der Waals surface area contributed by atoms with Gasteiger partial charge in [0.1, 0.15) is 0 Å². The molecular weight excluding hydrogens is 238 g/mol. The second kappa shape index (κ2) is 4.80. The van der Waals surface area contributed by atoms with Gasteiger partial charge in [0.15, 0.2) is 0 Å². The molecule has 1 aromatic rings. The summed E-state index contributed by atoms with van der Waals surface area (Å²) in [5, 5.41) is 9.72. The molecule has 90 valence electrons. The number of rotatable bonds is 4. The lowest BCUT2D eigenvalue weighted by atomic mass is 10.1. The van der Waals surface area contributed by atoms with Gasteiger partial charge in [0.2, 0.25) is 0 Å². The molecule has 0 spiro atoms. The van der Waals surface area contributed by atoms with Gasteiger partial charge in [0, 0.05) is 11.1 Å². The summed E-state index contributed by atoms with van der Waals surface area (Å²) in [6, 6.07) is 5.69. The number of amides is 1. The Morgan fingerprint density at radius 2 is 2.29 bits per heavy atom. The topological polar surface area (TPSA) is 40.5 Å². The molecule has 1 aliphatic rings. The predicted octanol–water partition coefficient (Wildman–Crippen LogP) is 3.63. The molecule has 1 aliphatic carbocycles. The summed E-state index contributed by atoms with van der Waals surface area (Å²) >= 11 is 6.07. The first kappa shape index (κ1) is 12.0. The van der Waals surface area contributed by atoms with Gasteiger partial charge in [0.05, 0.1) is 6.54 Å². The van der Waals surface area contributed by atoms with E-state index >= 15 is 0 Å². The number of hydrogen-bond donors (Lipinski definition) is 1. The molecule has 0 aromatic heterocycles. The van der Waals surface area contributed by atoms with Crippen LogP contribution < -0.4 is 0 Å². The molecular formula is C13H14ClNO2. The largest absolute Gasteiger partial charge is 0.465 e. The molecule has 1 N–H and O–H groups in total. The number of carboxylic acid groups (broad SMARTS) is 1. The van der Waals surface area contributed by atoms with Crippen molar-refractivity contribution in [3.63, 3.8) is 0 Å². The fourth-order valence-corrected chi connectivity index (χ4v) is 1.94. The third-order valence-electron chi connectivity index (χ3n) is 2.88. The Morgan fingerprint density at radius 1 is 1.59 bits per heavy atom. The lowest BCUT2D eigenvalue weighted by Gasteiger charge is -2.19. The molecule has 17 heavy (non-hydrogen) atoms. The molecule has 0 unspecified atom stereocenters. The minimum absolute atomic E-state index is 0.163. The van der Waals surface area contributed by atoms with Gasteiger partial charge in [-0.3, -0.25) is 0 Å². The van der Waals surface area contributed by atoms with Crippen LogP contribution >= 0.6 is 11.6 Å². The van der Waals surface area contributed by atoms with Crippen LogP contribution in [0.1, 0.15) is 24.0 Å². The molecule has 0 atom stereocenters. The first-order chi connectivity index (χ1) is 8.11. The van der Waals surface area contributed by atoms with Crippen molar-refractivity contribution < 1.29 is 9.90 Å². The Kier molecular flexibility index (Phi) is 3.38. The van der Waals surface area contributed by atoms with E-state index in [4.69, 9.17) is 16.7 Å². The molecule has 1 fully saturated rings. The number of carbonyl (C=O) groups is 1. The van der Waals surface area contributed by atoms with Gasteiger partial charge in [-0.2, -0.15) is 0 Å². The van der Waals surface area contributed by atoms with Crippen molar-refractivity contribution in [3.05, 3.63) is 40.9 Å². The van der Waals surface area contributed by atoms with Crippen LogP contribution in [0, 0.1) is 0 Å².